The van der Waals surface area contributed by atoms with Crippen molar-refractivity contribution in [2.45, 2.75) is 32.2 Å². The highest BCUT2D eigenvalue weighted by atomic mass is 15.3. The SMILES string of the molecule is CC(C)n1nccc1C1CCNC1. The predicted octanol–water partition coefficient (Wildman–Crippen LogP) is 1.54. The van der Waals surface area contributed by atoms with E-state index in [4.69, 9.17) is 0 Å². The van der Waals surface area contributed by atoms with Crippen LogP contribution in [-0.4, -0.2) is 22.9 Å². The fourth-order valence-electron chi connectivity index (χ4n) is 1.99. The van der Waals surface area contributed by atoms with Gasteiger partial charge in [0.1, 0.15) is 0 Å². The summed E-state index contributed by atoms with van der Waals surface area (Å²) in [5.41, 5.74) is 1.39. The lowest BCUT2D eigenvalue weighted by molar-refractivity contribution is 0.490. The molecule has 1 aromatic heterocycles. The Kier molecular flexibility index (Phi) is 2.36. The van der Waals surface area contributed by atoms with Crippen LogP contribution in [-0.2, 0) is 0 Å². The van der Waals surface area contributed by atoms with E-state index in [1.54, 1.807) is 0 Å². The highest BCUT2D eigenvalue weighted by Crippen LogP contribution is 2.23. The second-order valence-corrected chi connectivity index (χ2v) is 3.98. The maximum atomic E-state index is 4.35. The largest absolute Gasteiger partial charge is 0.316 e. The van der Waals surface area contributed by atoms with Crippen LogP contribution in [0.5, 0.6) is 0 Å². The Morgan fingerprint density at radius 3 is 3.08 bits per heavy atom. The fraction of sp³-hybridized carbons (Fsp3) is 0.700. The molecule has 1 aromatic rings. The van der Waals surface area contributed by atoms with Crippen LogP contribution in [0.4, 0.5) is 0 Å². The smallest absolute Gasteiger partial charge is 0.0492 e. The third kappa shape index (κ3) is 1.61. The summed E-state index contributed by atoms with van der Waals surface area (Å²) < 4.78 is 2.14. The summed E-state index contributed by atoms with van der Waals surface area (Å²) in [6.07, 6.45) is 3.16. The zero-order valence-electron chi connectivity index (χ0n) is 8.33. The Labute approximate surface area is 79.1 Å². The van der Waals surface area contributed by atoms with Crippen LogP contribution in [0.15, 0.2) is 12.3 Å². The van der Waals surface area contributed by atoms with Crippen molar-refractivity contribution in [1.29, 1.82) is 0 Å². The normalized spacial score (nSPS) is 22.8. The molecule has 13 heavy (non-hydrogen) atoms. The van der Waals surface area contributed by atoms with E-state index in [-0.39, 0.29) is 0 Å². The Hall–Kier alpha value is -0.830. The third-order valence-corrected chi connectivity index (χ3v) is 2.67. The lowest BCUT2D eigenvalue weighted by Crippen LogP contribution is -2.13. The molecule has 0 bridgehead atoms. The summed E-state index contributed by atoms with van der Waals surface area (Å²) in [6.45, 7) is 6.62. The van der Waals surface area contributed by atoms with Gasteiger partial charge >= 0.3 is 0 Å². The molecule has 0 saturated carbocycles. The number of nitrogens with one attached hydrogen (secondary N) is 1. The van der Waals surface area contributed by atoms with E-state index in [1.807, 2.05) is 6.20 Å². The standard InChI is InChI=1S/C10H17N3/c1-8(2)13-10(4-6-12-13)9-3-5-11-7-9/h4,6,8-9,11H,3,5,7H2,1-2H3. The maximum absolute atomic E-state index is 4.35. The molecule has 1 aliphatic heterocycles. The van der Waals surface area contributed by atoms with Crippen molar-refractivity contribution in [3.8, 4) is 0 Å². The summed E-state index contributed by atoms with van der Waals surface area (Å²) in [5, 5.41) is 7.73. The van der Waals surface area contributed by atoms with Crippen LogP contribution < -0.4 is 5.32 Å². The van der Waals surface area contributed by atoms with Crippen LogP contribution in [0.1, 0.15) is 37.9 Å². The van der Waals surface area contributed by atoms with Gasteiger partial charge in [-0.25, -0.2) is 0 Å². The molecule has 72 valence electrons. The molecule has 1 atom stereocenters. The van der Waals surface area contributed by atoms with Gasteiger partial charge < -0.3 is 5.32 Å². The Bertz CT molecular complexity index is 271. The lowest BCUT2D eigenvalue weighted by atomic mass is 10.0. The first-order valence-electron chi connectivity index (χ1n) is 5.03. The summed E-state index contributed by atoms with van der Waals surface area (Å²) >= 11 is 0. The summed E-state index contributed by atoms with van der Waals surface area (Å²) in [7, 11) is 0. The highest BCUT2D eigenvalue weighted by Gasteiger charge is 2.20. The molecular weight excluding hydrogens is 162 g/mol. The average molecular weight is 179 g/mol. The van der Waals surface area contributed by atoms with Gasteiger partial charge in [-0.3, -0.25) is 4.68 Å². The Balaban J connectivity index is 2.23. The zero-order valence-corrected chi connectivity index (χ0v) is 8.33. The van der Waals surface area contributed by atoms with Crippen LogP contribution in [0.25, 0.3) is 0 Å². The van der Waals surface area contributed by atoms with Crippen molar-refractivity contribution < 1.29 is 0 Å². The van der Waals surface area contributed by atoms with Gasteiger partial charge in [-0.2, -0.15) is 5.10 Å². The monoisotopic (exact) mass is 179 g/mol. The Morgan fingerprint density at radius 2 is 2.46 bits per heavy atom. The van der Waals surface area contributed by atoms with Gasteiger partial charge in [-0.1, -0.05) is 0 Å². The second-order valence-electron chi connectivity index (χ2n) is 3.98. The van der Waals surface area contributed by atoms with E-state index in [1.165, 1.54) is 12.1 Å². The number of nitrogens with zero attached hydrogens (tertiary/aromatic N) is 2. The van der Waals surface area contributed by atoms with Gasteiger partial charge in [0.25, 0.3) is 0 Å². The van der Waals surface area contributed by atoms with E-state index < -0.39 is 0 Å². The summed E-state index contributed by atoms with van der Waals surface area (Å²) in [4.78, 5) is 0. The fourth-order valence-corrected chi connectivity index (χ4v) is 1.99. The molecule has 0 spiro atoms. The van der Waals surface area contributed by atoms with Crippen molar-refractivity contribution in [2.75, 3.05) is 13.1 Å². The number of aromatic nitrogens is 2. The molecule has 0 radical (unpaired) electrons. The van der Waals surface area contributed by atoms with E-state index >= 15 is 0 Å². The van der Waals surface area contributed by atoms with Crippen molar-refractivity contribution in [3.63, 3.8) is 0 Å². The molecule has 2 heterocycles. The molecule has 3 heteroatoms. The minimum Gasteiger partial charge on any atom is -0.316 e. The summed E-state index contributed by atoms with van der Waals surface area (Å²) in [6, 6.07) is 2.63. The van der Waals surface area contributed by atoms with Gasteiger partial charge in [0.2, 0.25) is 0 Å². The predicted molar refractivity (Wildman–Crippen MR) is 52.8 cm³/mol. The molecule has 0 aliphatic carbocycles. The topological polar surface area (TPSA) is 29.9 Å². The number of rotatable bonds is 2. The first-order chi connectivity index (χ1) is 6.29. The number of hydrogen-bond acceptors (Lipinski definition) is 2. The van der Waals surface area contributed by atoms with Gasteiger partial charge in [0.05, 0.1) is 0 Å². The maximum Gasteiger partial charge on any atom is 0.0492 e. The van der Waals surface area contributed by atoms with Gasteiger partial charge in [0, 0.05) is 30.4 Å². The minimum absolute atomic E-state index is 0.477. The van der Waals surface area contributed by atoms with Crippen molar-refractivity contribution >= 4 is 0 Å². The van der Waals surface area contributed by atoms with Crippen LogP contribution in [0, 0.1) is 0 Å². The lowest BCUT2D eigenvalue weighted by Gasteiger charge is -2.14. The average Bonchev–Trinajstić information content (AvgIpc) is 2.74. The quantitative estimate of drug-likeness (QED) is 0.746. The van der Waals surface area contributed by atoms with E-state index in [9.17, 15) is 0 Å². The third-order valence-electron chi connectivity index (χ3n) is 2.67. The molecule has 1 unspecified atom stereocenters. The zero-order chi connectivity index (χ0) is 9.26. The van der Waals surface area contributed by atoms with E-state index in [0.29, 0.717) is 12.0 Å². The van der Waals surface area contributed by atoms with Crippen molar-refractivity contribution in [3.05, 3.63) is 18.0 Å². The van der Waals surface area contributed by atoms with Crippen LogP contribution in [0.2, 0.25) is 0 Å². The van der Waals surface area contributed by atoms with Crippen molar-refractivity contribution in [2.24, 2.45) is 0 Å². The molecule has 1 N–H and O–H groups in total. The van der Waals surface area contributed by atoms with Crippen molar-refractivity contribution in [1.82, 2.24) is 15.1 Å². The first-order valence-corrected chi connectivity index (χ1v) is 5.03. The number of hydrogen-bond donors (Lipinski definition) is 1. The van der Waals surface area contributed by atoms with Gasteiger partial charge in [-0.15, -0.1) is 0 Å². The Morgan fingerprint density at radius 1 is 1.62 bits per heavy atom. The minimum atomic E-state index is 0.477. The van der Waals surface area contributed by atoms with E-state index in [2.05, 4.69) is 35.0 Å². The van der Waals surface area contributed by atoms with Crippen LogP contribution in [0.3, 0.4) is 0 Å². The molecule has 0 amide bonds. The van der Waals surface area contributed by atoms with Gasteiger partial charge in [0.15, 0.2) is 0 Å². The van der Waals surface area contributed by atoms with Crippen LogP contribution >= 0.6 is 0 Å². The first kappa shape index (κ1) is 8.75. The molecule has 1 aliphatic rings. The van der Waals surface area contributed by atoms with Gasteiger partial charge in [-0.05, 0) is 32.9 Å². The highest BCUT2D eigenvalue weighted by molar-refractivity contribution is 5.11. The molecular formula is C10H17N3. The molecule has 3 nitrogen and oxygen atoms in total. The molecule has 2 rings (SSSR count). The summed E-state index contributed by atoms with van der Waals surface area (Å²) in [5.74, 6) is 0.671. The molecule has 1 saturated heterocycles. The second kappa shape index (κ2) is 3.50. The van der Waals surface area contributed by atoms with E-state index in [0.717, 1.165) is 13.1 Å². The molecule has 1 fully saturated rings. The molecule has 0 aromatic carbocycles.